The molecule has 164 valence electrons. The van der Waals surface area contributed by atoms with Crippen LogP contribution in [0.1, 0.15) is 33.6 Å². The Kier molecular flexibility index (Phi) is 6.78. The predicted molar refractivity (Wildman–Crippen MR) is 124 cm³/mol. The van der Waals surface area contributed by atoms with Crippen molar-refractivity contribution in [1.82, 2.24) is 15.1 Å². The van der Waals surface area contributed by atoms with E-state index in [9.17, 15) is 9.59 Å². The monoisotopic (exact) mass is 440 g/mol. The number of rotatable bonds is 4. The quantitative estimate of drug-likeness (QED) is 0.793. The number of nitrogens with zero attached hydrogens (tertiary/aromatic N) is 3. The van der Waals surface area contributed by atoms with Gasteiger partial charge in [0.05, 0.1) is 5.56 Å². The number of likely N-dealkylation sites (N-methyl/N-ethyl adjacent to an activating group) is 1. The second-order valence-corrected chi connectivity index (χ2v) is 8.79. The van der Waals surface area contributed by atoms with Crippen LogP contribution < -0.4 is 10.2 Å². The number of para-hydroxylation sites is 1. The Labute approximate surface area is 188 Å². The number of benzene rings is 2. The molecule has 2 aromatic carbocycles. The highest BCUT2D eigenvalue weighted by atomic mass is 35.5. The van der Waals surface area contributed by atoms with Crippen LogP contribution in [-0.2, 0) is 0 Å². The van der Waals surface area contributed by atoms with E-state index in [-0.39, 0.29) is 17.9 Å². The van der Waals surface area contributed by atoms with Crippen LogP contribution in [0, 0.1) is 0 Å². The fourth-order valence-electron chi connectivity index (χ4n) is 4.24. The minimum Gasteiger partial charge on any atom is -0.371 e. The lowest BCUT2D eigenvalue weighted by atomic mass is 10.0. The number of hydrogen-bond acceptors (Lipinski definition) is 4. The minimum absolute atomic E-state index is 0.0687. The van der Waals surface area contributed by atoms with Gasteiger partial charge in [-0.2, -0.15) is 0 Å². The van der Waals surface area contributed by atoms with Crippen molar-refractivity contribution in [3.63, 3.8) is 0 Å². The number of amides is 2. The fraction of sp³-hybridized carbons (Fsp3) is 0.417. The maximum Gasteiger partial charge on any atom is 0.256 e. The Balaban J connectivity index is 1.37. The highest BCUT2D eigenvalue weighted by molar-refractivity contribution is 6.30. The van der Waals surface area contributed by atoms with E-state index in [1.54, 1.807) is 24.3 Å². The second-order valence-electron chi connectivity index (χ2n) is 8.35. The molecule has 0 aromatic heterocycles. The molecule has 2 saturated heterocycles. The number of carbonyl (C=O) groups is 2. The summed E-state index contributed by atoms with van der Waals surface area (Å²) in [6.07, 6.45) is 1.69. The maximum absolute atomic E-state index is 13.2. The van der Waals surface area contributed by atoms with Crippen molar-refractivity contribution in [2.75, 3.05) is 51.2 Å². The summed E-state index contributed by atoms with van der Waals surface area (Å²) in [4.78, 5) is 32.1. The van der Waals surface area contributed by atoms with Crippen LogP contribution in [0.15, 0.2) is 48.5 Å². The Morgan fingerprint density at radius 1 is 0.903 bits per heavy atom. The third-order valence-electron chi connectivity index (χ3n) is 6.20. The summed E-state index contributed by atoms with van der Waals surface area (Å²) < 4.78 is 0. The van der Waals surface area contributed by atoms with Gasteiger partial charge in [0.2, 0.25) is 0 Å². The van der Waals surface area contributed by atoms with Gasteiger partial charge >= 0.3 is 0 Å². The molecule has 0 saturated carbocycles. The average molecular weight is 441 g/mol. The first-order chi connectivity index (χ1) is 15.0. The van der Waals surface area contributed by atoms with Crippen molar-refractivity contribution in [3.8, 4) is 0 Å². The van der Waals surface area contributed by atoms with Crippen LogP contribution in [0.25, 0.3) is 0 Å². The summed E-state index contributed by atoms with van der Waals surface area (Å²) in [5, 5.41) is 3.75. The number of anilines is 1. The van der Waals surface area contributed by atoms with E-state index < -0.39 is 0 Å². The summed E-state index contributed by atoms with van der Waals surface area (Å²) in [6.45, 7) is 4.96. The van der Waals surface area contributed by atoms with Gasteiger partial charge < -0.3 is 20.0 Å². The summed E-state index contributed by atoms with van der Waals surface area (Å²) in [6, 6.07) is 15.0. The zero-order chi connectivity index (χ0) is 21.8. The molecule has 2 aromatic rings. The molecule has 6 nitrogen and oxygen atoms in total. The van der Waals surface area contributed by atoms with E-state index in [4.69, 9.17) is 11.6 Å². The summed E-state index contributed by atoms with van der Waals surface area (Å²) >= 11 is 5.91. The molecule has 0 bridgehead atoms. The van der Waals surface area contributed by atoms with Gasteiger partial charge in [0, 0.05) is 61.6 Å². The largest absolute Gasteiger partial charge is 0.371 e. The standard InChI is InChI=1S/C24H29ClN4O2/c1-27-14-16-29(17-15-27)24(31)21-4-2-3-5-22(21)28-12-10-20(11-13-28)26-23(30)18-6-8-19(25)9-7-18/h2-9,20H,10-17H2,1H3,(H,26,30). The zero-order valence-corrected chi connectivity index (χ0v) is 18.6. The van der Waals surface area contributed by atoms with Gasteiger partial charge in [-0.15, -0.1) is 0 Å². The van der Waals surface area contributed by atoms with E-state index in [0.29, 0.717) is 10.6 Å². The topological polar surface area (TPSA) is 55.9 Å². The van der Waals surface area contributed by atoms with Crippen molar-refractivity contribution in [1.29, 1.82) is 0 Å². The van der Waals surface area contributed by atoms with Crippen molar-refractivity contribution < 1.29 is 9.59 Å². The molecular weight excluding hydrogens is 412 g/mol. The van der Waals surface area contributed by atoms with Crippen LogP contribution in [0.3, 0.4) is 0 Å². The van der Waals surface area contributed by atoms with Crippen LogP contribution in [0.5, 0.6) is 0 Å². The summed E-state index contributed by atoms with van der Waals surface area (Å²) in [5.74, 6) is 0.0441. The second kappa shape index (κ2) is 9.71. The smallest absolute Gasteiger partial charge is 0.256 e. The lowest BCUT2D eigenvalue weighted by Crippen LogP contribution is -2.48. The zero-order valence-electron chi connectivity index (χ0n) is 17.9. The lowest BCUT2D eigenvalue weighted by Gasteiger charge is -2.36. The van der Waals surface area contributed by atoms with E-state index in [1.165, 1.54) is 0 Å². The molecule has 31 heavy (non-hydrogen) atoms. The van der Waals surface area contributed by atoms with Crippen molar-refractivity contribution in [3.05, 3.63) is 64.7 Å². The van der Waals surface area contributed by atoms with E-state index >= 15 is 0 Å². The molecule has 2 aliphatic heterocycles. The molecule has 2 aliphatic rings. The van der Waals surface area contributed by atoms with Gasteiger partial charge in [-0.1, -0.05) is 23.7 Å². The molecule has 4 rings (SSSR count). The van der Waals surface area contributed by atoms with Crippen molar-refractivity contribution >= 4 is 29.1 Å². The minimum atomic E-state index is -0.0687. The van der Waals surface area contributed by atoms with Gasteiger partial charge in [0.25, 0.3) is 11.8 Å². The van der Waals surface area contributed by atoms with Crippen LogP contribution in [0.2, 0.25) is 5.02 Å². The lowest BCUT2D eigenvalue weighted by molar-refractivity contribution is 0.0664. The third kappa shape index (κ3) is 5.20. The Morgan fingerprint density at radius 2 is 1.55 bits per heavy atom. The van der Waals surface area contributed by atoms with E-state index in [2.05, 4.69) is 22.2 Å². The third-order valence-corrected chi connectivity index (χ3v) is 6.45. The highest BCUT2D eigenvalue weighted by Crippen LogP contribution is 2.26. The van der Waals surface area contributed by atoms with Gasteiger partial charge in [0.15, 0.2) is 0 Å². The van der Waals surface area contributed by atoms with Gasteiger partial charge in [0.1, 0.15) is 0 Å². The molecule has 2 heterocycles. The molecule has 0 atom stereocenters. The van der Waals surface area contributed by atoms with Crippen molar-refractivity contribution in [2.45, 2.75) is 18.9 Å². The van der Waals surface area contributed by atoms with E-state index in [0.717, 1.165) is 63.4 Å². The normalized spacial score (nSPS) is 18.1. The number of piperazine rings is 1. The molecule has 0 unspecified atom stereocenters. The van der Waals surface area contributed by atoms with Gasteiger partial charge in [-0.3, -0.25) is 9.59 Å². The Hall–Kier alpha value is -2.57. The van der Waals surface area contributed by atoms with E-state index in [1.807, 2.05) is 29.2 Å². The molecule has 0 aliphatic carbocycles. The molecule has 2 amide bonds. The Bertz CT molecular complexity index is 917. The van der Waals surface area contributed by atoms with Gasteiger partial charge in [-0.25, -0.2) is 0 Å². The SMILES string of the molecule is CN1CCN(C(=O)c2ccccc2N2CCC(NC(=O)c3ccc(Cl)cc3)CC2)CC1. The fourth-order valence-corrected chi connectivity index (χ4v) is 4.37. The molecular formula is C24H29ClN4O2. The molecule has 0 radical (unpaired) electrons. The Morgan fingerprint density at radius 3 is 2.23 bits per heavy atom. The number of carbonyl (C=O) groups excluding carboxylic acids is 2. The summed E-state index contributed by atoms with van der Waals surface area (Å²) in [7, 11) is 2.09. The highest BCUT2D eigenvalue weighted by Gasteiger charge is 2.27. The van der Waals surface area contributed by atoms with Crippen LogP contribution in [0.4, 0.5) is 5.69 Å². The van der Waals surface area contributed by atoms with Gasteiger partial charge in [-0.05, 0) is 56.3 Å². The molecule has 2 fully saturated rings. The molecule has 0 spiro atoms. The number of hydrogen-bond donors (Lipinski definition) is 1. The maximum atomic E-state index is 13.2. The van der Waals surface area contributed by atoms with Crippen LogP contribution >= 0.6 is 11.6 Å². The number of nitrogens with one attached hydrogen (secondary N) is 1. The first-order valence-corrected chi connectivity index (χ1v) is 11.3. The molecule has 1 N–H and O–H groups in total. The van der Waals surface area contributed by atoms with Crippen molar-refractivity contribution in [2.24, 2.45) is 0 Å². The first kappa shape index (κ1) is 21.7. The summed E-state index contributed by atoms with van der Waals surface area (Å²) in [5.41, 5.74) is 2.39. The number of halogens is 1. The first-order valence-electron chi connectivity index (χ1n) is 10.9. The molecule has 7 heteroatoms. The average Bonchev–Trinajstić information content (AvgIpc) is 2.80. The number of piperidine rings is 1. The van der Waals surface area contributed by atoms with Crippen LogP contribution in [-0.4, -0.2) is 74.0 Å². The predicted octanol–water partition coefficient (Wildman–Crippen LogP) is 3.13.